The fraction of sp³-hybridized carbons (Fsp3) is 0.0357. The van der Waals surface area contributed by atoms with Gasteiger partial charge in [-0.05, 0) is 84.9 Å². The number of nitrogens with one attached hydrogen (secondary N) is 2. The second kappa shape index (κ2) is 11.3. The molecule has 4 aromatic rings. The minimum atomic E-state index is -0.441. The molecule has 2 heterocycles. The molecule has 5 rings (SSSR count). The Morgan fingerprint density at radius 2 is 1.58 bits per heavy atom. The minimum Gasteiger partial charge on any atom is -0.467 e. The number of thioether (sulfide) groups is 1. The van der Waals surface area contributed by atoms with E-state index in [1.807, 2.05) is 24.3 Å². The first kappa shape index (κ1) is 25.8. The third kappa shape index (κ3) is 5.85. The van der Waals surface area contributed by atoms with Gasteiger partial charge in [0.2, 0.25) is 0 Å². The smallest absolute Gasteiger partial charge is 0.278 e. The molecule has 3 amide bonds. The third-order valence-electron chi connectivity index (χ3n) is 5.57. The van der Waals surface area contributed by atoms with Crippen LogP contribution in [0.1, 0.15) is 16.1 Å². The van der Waals surface area contributed by atoms with E-state index in [9.17, 15) is 14.4 Å². The molecule has 0 saturated heterocycles. The largest absolute Gasteiger partial charge is 0.467 e. The van der Waals surface area contributed by atoms with Crippen molar-refractivity contribution in [1.82, 2.24) is 4.90 Å². The van der Waals surface area contributed by atoms with Crippen LogP contribution in [0.2, 0.25) is 5.02 Å². The van der Waals surface area contributed by atoms with Crippen LogP contribution in [-0.4, -0.2) is 22.6 Å². The van der Waals surface area contributed by atoms with Crippen molar-refractivity contribution in [3.63, 3.8) is 0 Å². The standard InChI is InChI=1S/C28H19BrClN3O4S/c29-18-5-9-20(10-6-18)31-24-25(28(36)33(27(24)35)16-22-2-1-15-37-22)38-23-13-11-21(12-14-23)32-26(34)17-3-7-19(30)8-4-17/h1-15,31H,16H2,(H,32,34). The Morgan fingerprint density at radius 1 is 0.895 bits per heavy atom. The number of imide groups is 1. The van der Waals surface area contributed by atoms with E-state index in [0.717, 1.165) is 14.3 Å². The zero-order chi connectivity index (χ0) is 26.6. The Hall–Kier alpha value is -3.79. The number of benzene rings is 3. The zero-order valence-electron chi connectivity index (χ0n) is 19.6. The number of anilines is 2. The molecule has 1 aromatic heterocycles. The number of amides is 3. The number of carbonyl (C=O) groups is 3. The Labute approximate surface area is 236 Å². The number of nitrogens with zero attached hydrogens (tertiary/aromatic N) is 1. The molecule has 3 aromatic carbocycles. The number of hydrogen-bond acceptors (Lipinski definition) is 6. The van der Waals surface area contributed by atoms with Crippen molar-refractivity contribution in [2.45, 2.75) is 11.4 Å². The number of furan rings is 1. The van der Waals surface area contributed by atoms with Gasteiger partial charge in [0.15, 0.2) is 0 Å². The highest BCUT2D eigenvalue weighted by Crippen LogP contribution is 2.37. The summed E-state index contributed by atoms with van der Waals surface area (Å²) >= 11 is 10.5. The maximum Gasteiger partial charge on any atom is 0.278 e. The fourth-order valence-corrected chi connectivity index (χ4v) is 5.00. The lowest BCUT2D eigenvalue weighted by Gasteiger charge is -2.13. The summed E-state index contributed by atoms with van der Waals surface area (Å²) in [6.07, 6.45) is 1.50. The van der Waals surface area contributed by atoms with Crippen LogP contribution in [-0.2, 0) is 16.1 Å². The van der Waals surface area contributed by atoms with E-state index in [1.165, 1.54) is 18.0 Å². The van der Waals surface area contributed by atoms with Gasteiger partial charge in [-0.25, -0.2) is 0 Å². The highest BCUT2D eigenvalue weighted by molar-refractivity contribution is 9.10. The Balaban J connectivity index is 1.36. The molecule has 0 saturated carbocycles. The summed E-state index contributed by atoms with van der Waals surface area (Å²) < 4.78 is 6.25. The lowest BCUT2D eigenvalue weighted by Crippen LogP contribution is -2.31. The highest BCUT2D eigenvalue weighted by Gasteiger charge is 2.39. The van der Waals surface area contributed by atoms with Gasteiger partial charge in [0.05, 0.1) is 12.8 Å². The molecule has 0 fully saturated rings. The molecular formula is C28H19BrClN3O4S. The van der Waals surface area contributed by atoms with Crippen molar-refractivity contribution in [2.75, 3.05) is 10.6 Å². The predicted molar refractivity (Wildman–Crippen MR) is 151 cm³/mol. The summed E-state index contributed by atoms with van der Waals surface area (Å²) in [5.41, 5.74) is 1.93. The molecule has 0 atom stereocenters. The molecule has 0 spiro atoms. The quantitative estimate of drug-likeness (QED) is 0.211. The number of halogens is 2. The van der Waals surface area contributed by atoms with Gasteiger partial charge in [-0.1, -0.05) is 39.3 Å². The van der Waals surface area contributed by atoms with Crippen molar-refractivity contribution in [1.29, 1.82) is 0 Å². The molecule has 0 aliphatic carbocycles. The van der Waals surface area contributed by atoms with Gasteiger partial charge in [-0.15, -0.1) is 0 Å². The van der Waals surface area contributed by atoms with E-state index in [1.54, 1.807) is 60.7 Å². The van der Waals surface area contributed by atoms with E-state index >= 15 is 0 Å². The van der Waals surface area contributed by atoms with E-state index < -0.39 is 11.8 Å². The summed E-state index contributed by atoms with van der Waals surface area (Å²) in [5, 5.41) is 6.50. The average Bonchev–Trinajstić information content (AvgIpc) is 3.51. The third-order valence-corrected chi connectivity index (χ3v) is 7.44. The van der Waals surface area contributed by atoms with E-state index in [4.69, 9.17) is 16.0 Å². The van der Waals surface area contributed by atoms with Crippen LogP contribution in [0.25, 0.3) is 0 Å². The number of hydrogen-bond donors (Lipinski definition) is 2. The first-order chi connectivity index (χ1) is 18.4. The molecule has 1 aliphatic rings. The van der Waals surface area contributed by atoms with Gasteiger partial charge in [-0.2, -0.15) is 0 Å². The Morgan fingerprint density at radius 3 is 2.24 bits per heavy atom. The molecule has 1 aliphatic heterocycles. The Kier molecular flexibility index (Phi) is 7.69. The van der Waals surface area contributed by atoms with Crippen molar-refractivity contribution in [3.05, 3.63) is 123 Å². The van der Waals surface area contributed by atoms with E-state index in [-0.39, 0.29) is 23.1 Å². The monoisotopic (exact) mass is 607 g/mol. The minimum absolute atomic E-state index is 0.0237. The summed E-state index contributed by atoms with van der Waals surface area (Å²) in [6.45, 7) is 0.0237. The average molecular weight is 609 g/mol. The lowest BCUT2D eigenvalue weighted by atomic mass is 10.2. The summed E-state index contributed by atoms with van der Waals surface area (Å²) in [5.74, 6) is -0.627. The second-order valence-corrected chi connectivity index (χ2v) is 10.6. The molecule has 38 heavy (non-hydrogen) atoms. The summed E-state index contributed by atoms with van der Waals surface area (Å²) in [6, 6.07) is 24.3. The van der Waals surface area contributed by atoms with Crippen LogP contribution in [0.5, 0.6) is 0 Å². The number of rotatable bonds is 8. The molecule has 190 valence electrons. The SMILES string of the molecule is O=C(Nc1ccc(SC2=C(Nc3ccc(Br)cc3)C(=O)N(Cc3ccco3)C2=O)cc1)c1ccc(Cl)cc1. The van der Waals surface area contributed by atoms with Gasteiger partial charge >= 0.3 is 0 Å². The Bertz CT molecular complexity index is 1520. The van der Waals surface area contributed by atoms with Crippen LogP contribution < -0.4 is 10.6 Å². The molecule has 0 unspecified atom stereocenters. The summed E-state index contributed by atoms with van der Waals surface area (Å²) in [7, 11) is 0. The van der Waals surface area contributed by atoms with Crippen molar-refractivity contribution in [2.24, 2.45) is 0 Å². The normalized spacial score (nSPS) is 13.3. The van der Waals surface area contributed by atoms with Gasteiger partial charge < -0.3 is 15.1 Å². The first-order valence-electron chi connectivity index (χ1n) is 11.4. The second-order valence-electron chi connectivity index (χ2n) is 8.20. The topological polar surface area (TPSA) is 91.7 Å². The maximum atomic E-state index is 13.4. The van der Waals surface area contributed by atoms with Gasteiger partial charge in [0.25, 0.3) is 17.7 Å². The molecule has 7 nitrogen and oxygen atoms in total. The zero-order valence-corrected chi connectivity index (χ0v) is 22.8. The van der Waals surface area contributed by atoms with Crippen LogP contribution in [0.3, 0.4) is 0 Å². The lowest BCUT2D eigenvalue weighted by molar-refractivity contribution is -0.138. The predicted octanol–water partition coefficient (Wildman–Crippen LogP) is 6.93. The van der Waals surface area contributed by atoms with Gasteiger partial charge in [0, 0.05) is 31.3 Å². The van der Waals surface area contributed by atoms with Crippen LogP contribution >= 0.6 is 39.3 Å². The summed E-state index contributed by atoms with van der Waals surface area (Å²) in [4.78, 5) is 41.3. The fourth-order valence-electron chi connectivity index (χ4n) is 3.67. The molecule has 0 bridgehead atoms. The van der Waals surface area contributed by atoms with Crippen LogP contribution in [0.15, 0.2) is 116 Å². The molecule has 2 N–H and O–H groups in total. The first-order valence-corrected chi connectivity index (χ1v) is 13.4. The number of carbonyl (C=O) groups excluding carboxylic acids is 3. The van der Waals surface area contributed by atoms with E-state index in [0.29, 0.717) is 27.7 Å². The van der Waals surface area contributed by atoms with Crippen molar-refractivity contribution < 1.29 is 18.8 Å². The van der Waals surface area contributed by atoms with Crippen LogP contribution in [0.4, 0.5) is 11.4 Å². The van der Waals surface area contributed by atoms with Crippen molar-refractivity contribution in [3.8, 4) is 0 Å². The van der Waals surface area contributed by atoms with Crippen molar-refractivity contribution >= 4 is 68.4 Å². The van der Waals surface area contributed by atoms with E-state index in [2.05, 4.69) is 26.6 Å². The molecular weight excluding hydrogens is 590 g/mol. The maximum absolute atomic E-state index is 13.4. The van der Waals surface area contributed by atoms with Gasteiger partial charge in [-0.3, -0.25) is 19.3 Å². The molecule has 0 radical (unpaired) electrons. The van der Waals surface area contributed by atoms with Gasteiger partial charge in [0.1, 0.15) is 16.4 Å². The molecule has 10 heteroatoms. The highest BCUT2D eigenvalue weighted by atomic mass is 79.9. The van der Waals surface area contributed by atoms with Crippen LogP contribution in [0, 0.1) is 0 Å².